The van der Waals surface area contributed by atoms with Gasteiger partial charge in [-0.05, 0) is 50.6 Å². The number of nitrogens with zero attached hydrogens (tertiary/aromatic N) is 2. The predicted molar refractivity (Wildman–Crippen MR) is 129 cm³/mol. The molecule has 1 aromatic heterocycles. The summed E-state index contributed by atoms with van der Waals surface area (Å²) in [5.74, 6) is 0.328. The second-order valence-corrected chi connectivity index (χ2v) is 8.70. The Morgan fingerprint density at radius 3 is 2.78 bits per heavy atom. The molecule has 0 atom stereocenters. The van der Waals surface area contributed by atoms with Gasteiger partial charge in [0, 0.05) is 18.2 Å². The summed E-state index contributed by atoms with van der Waals surface area (Å²) >= 11 is 7.24. The van der Waals surface area contributed by atoms with Crippen molar-refractivity contribution < 1.29 is 14.3 Å². The fourth-order valence-corrected chi connectivity index (χ4v) is 4.09. The standard InChI is InChI=1S/C23H26ClN3O4S/c1-15(2)31-12-6-11-27-22(29)17-7-4-5-8-18(17)26-23(27)32-14-21(28)25-19-13-16(24)9-10-20(19)30-3/h4-5,7-10,13,15H,6,11-12,14H2,1-3H3,(H,25,28). The molecule has 0 aliphatic heterocycles. The molecule has 0 aliphatic rings. The SMILES string of the molecule is COc1ccc(Cl)cc1NC(=O)CSc1nc2ccccc2c(=O)n1CCCOC(C)C. The van der Waals surface area contributed by atoms with Crippen LogP contribution in [0, 0.1) is 0 Å². The summed E-state index contributed by atoms with van der Waals surface area (Å²) in [6.45, 7) is 4.93. The van der Waals surface area contributed by atoms with Gasteiger partial charge in [0.15, 0.2) is 5.16 Å². The van der Waals surface area contributed by atoms with E-state index in [1.165, 1.54) is 18.9 Å². The first kappa shape index (κ1) is 24.1. The van der Waals surface area contributed by atoms with E-state index in [0.717, 1.165) is 0 Å². The number of hydrogen-bond donors (Lipinski definition) is 1. The molecule has 1 amide bonds. The average molecular weight is 476 g/mol. The molecule has 2 aromatic carbocycles. The molecule has 0 spiro atoms. The molecule has 170 valence electrons. The van der Waals surface area contributed by atoms with Gasteiger partial charge in [-0.2, -0.15) is 0 Å². The van der Waals surface area contributed by atoms with Crippen LogP contribution >= 0.6 is 23.4 Å². The van der Waals surface area contributed by atoms with Crippen LogP contribution in [0.4, 0.5) is 5.69 Å². The van der Waals surface area contributed by atoms with Gasteiger partial charge in [0.1, 0.15) is 5.75 Å². The third kappa shape index (κ3) is 6.25. The number of benzene rings is 2. The number of hydrogen-bond acceptors (Lipinski definition) is 6. The number of methoxy groups -OCH3 is 1. The zero-order valence-electron chi connectivity index (χ0n) is 18.3. The number of para-hydroxylation sites is 1. The number of thioether (sulfide) groups is 1. The summed E-state index contributed by atoms with van der Waals surface area (Å²) in [4.78, 5) is 30.3. The van der Waals surface area contributed by atoms with Gasteiger partial charge in [-0.3, -0.25) is 14.2 Å². The van der Waals surface area contributed by atoms with E-state index in [4.69, 9.17) is 21.1 Å². The topological polar surface area (TPSA) is 82.5 Å². The number of fused-ring (bicyclic) bond motifs is 1. The Balaban J connectivity index is 1.78. The molecule has 7 nitrogen and oxygen atoms in total. The van der Waals surface area contributed by atoms with Crippen molar-refractivity contribution in [2.45, 2.75) is 38.1 Å². The predicted octanol–water partition coefficient (Wildman–Crippen LogP) is 4.60. The van der Waals surface area contributed by atoms with Crippen LogP contribution in [-0.2, 0) is 16.1 Å². The largest absolute Gasteiger partial charge is 0.495 e. The second-order valence-electron chi connectivity index (χ2n) is 7.32. The lowest BCUT2D eigenvalue weighted by Crippen LogP contribution is -2.25. The summed E-state index contributed by atoms with van der Waals surface area (Å²) in [5.41, 5.74) is 0.964. The van der Waals surface area contributed by atoms with Crippen LogP contribution in [-0.4, -0.2) is 41.0 Å². The van der Waals surface area contributed by atoms with Gasteiger partial charge in [-0.1, -0.05) is 35.5 Å². The van der Waals surface area contributed by atoms with Crippen LogP contribution in [0.1, 0.15) is 20.3 Å². The van der Waals surface area contributed by atoms with Crippen molar-refractivity contribution in [2.24, 2.45) is 0 Å². The maximum absolute atomic E-state index is 13.1. The van der Waals surface area contributed by atoms with Crippen molar-refractivity contribution in [3.05, 3.63) is 57.8 Å². The summed E-state index contributed by atoms with van der Waals surface area (Å²) in [5, 5.41) is 4.34. The lowest BCUT2D eigenvalue weighted by molar-refractivity contribution is -0.113. The van der Waals surface area contributed by atoms with Crippen LogP contribution in [0.3, 0.4) is 0 Å². The van der Waals surface area contributed by atoms with Gasteiger partial charge in [0.2, 0.25) is 5.91 Å². The van der Waals surface area contributed by atoms with E-state index < -0.39 is 0 Å². The van der Waals surface area contributed by atoms with Crippen molar-refractivity contribution in [1.29, 1.82) is 0 Å². The van der Waals surface area contributed by atoms with Gasteiger partial charge in [0.25, 0.3) is 5.56 Å². The molecule has 9 heteroatoms. The molecule has 32 heavy (non-hydrogen) atoms. The van der Waals surface area contributed by atoms with E-state index >= 15 is 0 Å². The van der Waals surface area contributed by atoms with Gasteiger partial charge >= 0.3 is 0 Å². The molecule has 3 rings (SSSR count). The number of halogens is 1. The third-order valence-corrected chi connectivity index (χ3v) is 5.78. The number of amides is 1. The van der Waals surface area contributed by atoms with E-state index in [-0.39, 0.29) is 23.3 Å². The monoisotopic (exact) mass is 475 g/mol. The van der Waals surface area contributed by atoms with Crippen molar-refractivity contribution in [3.8, 4) is 5.75 Å². The molecule has 0 saturated carbocycles. The Bertz CT molecular complexity index is 1150. The third-order valence-electron chi connectivity index (χ3n) is 4.57. The molecule has 0 bridgehead atoms. The molecule has 0 radical (unpaired) electrons. The van der Waals surface area contributed by atoms with E-state index in [9.17, 15) is 9.59 Å². The van der Waals surface area contributed by atoms with E-state index in [1.54, 1.807) is 34.9 Å². The smallest absolute Gasteiger partial charge is 0.262 e. The Hall–Kier alpha value is -2.55. The lowest BCUT2D eigenvalue weighted by atomic mass is 10.2. The highest BCUT2D eigenvalue weighted by molar-refractivity contribution is 7.99. The number of rotatable bonds is 10. The van der Waals surface area contributed by atoms with Crippen LogP contribution in [0.15, 0.2) is 52.4 Å². The van der Waals surface area contributed by atoms with Crippen molar-refractivity contribution in [3.63, 3.8) is 0 Å². The molecular formula is C23H26ClN3O4S. The first-order chi connectivity index (χ1) is 15.4. The molecule has 3 aromatic rings. The van der Waals surface area contributed by atoms with E-state index in [1.807, 2.05) is 26.0 Å². The van der Waals surface area contributed by atoms with Crippen molar-refractivity contribution in [1.82, 2.24) is 9.55 Å². The molecular weight excluding hydrogens is 450 g/mol. The first-order valence-corrected chi connectivity index (χ1v) is 11.6. The second kappa shape index (κ2) is 11.4. The molecule has 0 saturated heterocycles. The number of carbonyl (C=O) groups excluding carboxylic acids is 1. The van der Waals surface area contributed by atoms with Crippen LogP contribution < -0.4 is 15.6 Å². The normalized spacial score (nSPS) is 11.2. The average Bonchev–Trinajstić information content (AvgIpc) is 2.76. The first-order valence-electron chi connectivity index (χ1n) is 10.3. The molecule has 0 unspecified atom stereocenters. The van der Waals surface area contributed by atoms with Crippen molar-refractivity contribution in [2.75, 3.05) is 24.8 Å². The highest BCUT2D eigenvalue weighted by atomic mass is 35.5. The maximum Gasteiger partial charge on any atom is 0.262 e. The summed E-state index contributed by atoms with van der Waals surface area (Å²) in [6, 6.07) is 12.2. The highest BCUT2D eigenvalue weighted by Gasteiger charge is 2.14. The molecule has 1 heterocycles. The highest BCUT2D eigenvalue weighted by Crippen LogP contribution is 2.28. The zero-order chi connectivity index (χ0) is 23.1. The summed E-state index contributed by atoms with van der Waals surface area (Å²) < 4.78 is 12.5. The fraction of sp³-hybridized carbons (Fsp3) is 0.348. The molecule has 0 fully saturated rings. The summed E-state index contributed by atoms with van der Waals surface area (Å²) in [6.07, 6.45) is 0.792. The Labute approximate surface area is 196 Å². The minimum absolute atomic E-state index is 0.0724. The lowest BCUT2D eigenvalue weighted by Gasteiger charge is -2.14. The fourth-order valence-electron chi connectivity index (χ4n) is 3.09. The Morgan fingerprint density at radius 2 is 2.03 bits per heavy atom. The number of aromatic nitrogens is 2. The van der Waals surface area contributed by atoms with Crippen LogP contribution in [0.2, 0.25) is 5.02 Å². The van der Waals surface area contributed by atoms with Crippen molar-refractivity contribution >= 4 is 45.9 Å². The quantitative estimate of drug-likeness (QED) is 0.262. The maximum atomic E-state index is 13.1. The molecule has 0 aliphatic carbocycles. The zero-order valence-corrected chi connectivity index (χ0v) is 19.8. The molecule has 1 N–H and O–H groups in total. The van der Waals surface area contributed by atoms with E-state index in [0.29, 0.717) is 52.1 Å². The van der Waals surface area contributed by atoms with E-state index in [2.05, 4.69) is 10.3 Å². The van der Waals surface area contributed by atoms with Gasteiger partial charge in [0.05, 0.1) is 35.6 Å². The minimum atomic E-state index is -0.257. The van der Waals surface area contributed by atoms with Gasteiger partial charge < -0.3 is 14.8 Å². The minimum Gasteiger partial charge on any atom is -0.495 e. The van der Waals surface area contributed by atoms with Crippen LogP contribution in [0.25, 0.3) is 10.9 Å². The number of ether oxygens (including phenoxy) is 2. The number of nitrogens with one attached hydrogen (secondary N) is 1. The van der Waals surface area contributed by atoms with Gasteiger partial charge in [-0.15, -0.1) is 0 Å². The Kier molecular flexibility index (Phi) is 8.55. The number of anilines is 1. The van der Waals surface area contributed by atoms with Crippen LogP contribution in [0.5, 0.6) is 5.75 Å². The Morgan fingerprint density at radius 1 is 1.25 bits per heavy atom. The number of carbonyl (C=O) groups is 1. The van der Waals surface area contributed by atoms with Gasteiger partial charge in [-0.25, -0.2) is 4.98 Å². The summed E-state index contributed by atoms with van der Waals surface area (Å²) in [7, 11) is 1.52.